The van der Waals surface area contributed by atoms with E-state index in [1.807, 2.05) is 48.5 Å². The third-order valence-corrected chi connectivity index (χ3v) is 5.86. The summed E-state index contributed by atoms with van der Waals surface area (Å²) in [7, 11) is 0. The molecule has 3 aromatic carbocycles. The number of hydrogen-bond acceptors (Lipinski definition) is 2. The van der Waals surface area contributed by atoms with Gasteiger partial charge in [-0.2, -0.15) is 4.73 Å². The molecule has 0 aliphatic rings. The molecule has 32 heavy (non-hydrogen) atoms. The Labute approximate surface area is 190 Å². The van der Waals surface area contributed by atoms with Crippen LogP contribution in [0, 0.1) is 17.6 Å². The van der Waals surface area contributed by atoms with E-state index in [0.29, 0.717) is 24.5 Å². The number of para-hydroxylation sites is 1. The first kappa shape index (κ1) is 21.6. The summed E-state index contributed by atoms with van der Waals surface area (Å²) in [4.78, 5) is 2.25. The Morgan fingerprint density at radius 2 is 1.47 bits per heavy atom. The van der Waals surface area contributed by atoms with Gasteiger partial charge in [0.15, 0.2) is 6.20 Å². The van der Waals surface area contributed by atoms with Gasteiger partial charge < -0.3 is 5.21 Å². The fourth-order valence-electron chi connectivity index (χ4n) is 4.09. The van der Waals surface area contributed by atoms with Crippen molar-refractivity contribution in [3.8, 4) is 12.3 Å². The minimum Gasteiger partial charge on any atom is -0.618 e. The minimum atomic E-state index is -0.329. The molecule has 0 saturated carbocycles. The van der Waals surface area contributed by atoms with Gasteiger partial charge in [0, 0.05) is 30.1 Å². The smallest absolute Gasteiger partial charge is 0.223 e. The highest BCUT2D eigenvalue weighted by atomic mass is 16.5. The zero-order valence-electron chi connectivity index (χ0n) is 18.6. The lowest BCUT2D eigenvalue weighted by molar-refractivity contribution is -0.577. The van der Waals surface area contributed by atoms with Crippen molar-refractivity contribution in [1.82, 2.24) is 4.90 Å². The summed E-state index contributed by atoms with van der Waals surface area (Å²) in [6.45, 7) is 5.77. The maximum Gasteiger partial charge on any atom is 0.223 e. The van der Waals surface area contributed by atoms with E-state index in [1.54, 1.807) is 6.20 Å². The highest BCUT2D eigenvalue weighted by molar-refractivity contribution is 5.76. The molecule has 0 aliphatic carbocycles. The fraction of sp³-hybridized carbons (Fsp3) is 0.207. The molecule has 0 saturated heterocycles. The summed E-state index contributed by atoms with van der Waals surface area (Å²) in [5, 5.41) is 13.6. The van der Waals surface area contributed by atoms with Crippen molar-refractivity contribution < 1.29 is 4.73 Å². The van der Waals surface area contributed by atoms with Crippen molar-refractivity contribution in [3.63, 3.8) is 0 Å². The highest BCUT2D eigenvalue weighted by Gasteiger charge is 2.22. The molecule has 0 fully saturated rings. The summed E-state index contributed by atoms with van der Waals surface area (Å²) in [5.74, 6) is 3.45. The Hall–Kier alpha value is -3.61. The van der Waals surface area contributed by atoms with Gasteiger partial charge in [-0.15, -0.1) is 6.42 Å². The summed E-state index contributed by atoms with van der Waals surface area (Å²) < 4.78 is 0.924. The zero-order chi connectivity index (χ0) is 22.5. The number of nitrogens with zero attached hydrogens (tertiary/aromatic N) is 2. The maximum atomic E-state index is 12.7. The molecular weight excluding hydrogens is 392 g/mol. The van der Waals surface area contributed by atoms with Gasteiger partial charge in [0.2, 0.25) is 5.52 Å². The number of terminal acetylenes is 1. The normalized spacial score (nSPS) is 12.2. The molecule has 1 aromatic heterocycles. The molecule has 4 rings (SSSR count). The summed E-state index contributed by atoms with van der Waals surface area (Å²) in [6.07, 6.45) is 7.69. The SMILES string of the molecule is C#CC(c1cc2ccccc2[n+]([O-])c1)N(Cc1ccccc1)Cc1ccc(C(C)C)cc1. The van der Waals surface area contributed by atoms with Gasteiger partial charge in [0.25, 0.3) is 0 Å². The molecule has 0 amide bonds. The molecule has 160 valence electrons. The third kappa shape index (κ3) is 4.82. The Morgan fingerprint density at radius 3 is 2.12 bits per heavy atom. The molecule has 0 N–H and O–H groups in total. The first-order chi connectivity index (χ1) is 15.5. The van der Waals surface area contributed by atoms with Crippen LogP contribution in [0.3, 0.4) is 0 Å². The van der Waals surface area contributed by atoms with Crippen LogP contribution >= 0.6 is 0 Å². The number of hydrogen-bond donors (Lipinski definition) is 0. The van der Waals surface area contributed by atoms with Gasteiger partial charge in [0.05, 0.1) is 0 Å². The van der Waals surface area contributed by atoms with Crippen LogP contribution in [-0.2, 0) is 13.1 Å². The van der Waals surface area contributed by atoms with E-state index >= 15 is 0 Å². The van der Waals surface area contributed by atoms with Crippen LogP contribution in [0.25, 0.3) is 10.9 Å². The van der Waals surface area contributed by atoms with E-state index in [1.165, 1.54) is 16.7 Å². The van der Waals surface area contributed by atoms with E-state index in [-0.39, 0.29) is 6.04 Å². The van der Waals surface area contributed by atoms with Gasteiger partial charge in [-0.1, -0.05) is 86.5 Å². The summed E-state index contributed by atoms with van der Waals surface area (Å²) in [5.41, 5.74) is 5.17. The molecule has 1 unspecified atom stereocenters. The lowest BCUT2D eigenvalue weighted by atomic mass is 10.0. The van der Waals surface area contributed by atoms with Gasteiger partial charge in [-0.25, -0.2) is 0 Å². The first-order valence-corrected chi connectivity index (χ1v) is 11.0. The van der Waals surface area contributed by atoms with Gasteiger partial charge in [-0.05, 0) is 34.7 Å². The number of rotatable bonds is 7. The molecule has 0 spiro atoms. The molecule has 1 atom stereocenters. The van der Waals surface area contributed by atoms with Crippen molar-refractivity contribution in [2.45, 2.75) is 38.9 Å². The van der Waals surface area contributed by atoms with Crippen molar-refractivity contribution in [2.24, 2.45) is 0 Å². The predicted octanol–water partition coefficient (Wildman–Crippen LogP) is 5.97. The molecule has 4 aromatic rings. The van der Waals surface area contributed by atoms with Gasteiger partial charge in [-0.3, -0.25) is 4.90 Å². The third-order valence-electron chi connectivity index (χ3n) is 5.86. The van der Waals surface area contributed by atoms with Crippen molar-refractivity contribution >= 4 is 10.9 Å². The quantitative estimate of drug-likeness (QED) is 0.209. The van der Waals surface area contributed by atoms with E-state index in [0.717, 1.165) is 15.7 Å². The Morgan fingerprint density at radius 1 is 0.844 bits per heavy atom. The van der Waals surface area contributed by atoms with Crippen molar-refractivity contribution in [3.05, 3.63) is 119 Å². The van der Waals surface area contributed by atoms with Crippen LogP contribution < -0.4 is 4.73 Å². The molecule has 0 radical (unpaired) electrons. The number of benzene rings is 3. The average Bonchev–Trinajstić information content (AvgIpc) is 2.80. The first-order valence-electron chi connectivity index (χ1n) is 11.0. The molecular formula is C29H28N2O. The number of aromatic nitrogens is 1. The van der Waals surface area contributed by atoms with Crippen LogP contribution in [0.15, 0.2) is 91.1 Å². The Bertz CT molecular complexity index is 1220. The van der Waals surface area contributed by atoms with Gasteiger partial charge in [0.1, 0.15) is 6.04 Å². The average molecular weight is 421 g/mol. The number of pyridine rings is 1. The Kier molecular flexibility index (Phi) is 6.54. The Balaban J connectivity index is 1.71. The second kappa shape index (κ2) is 9.68. The minimum absolute atomic E-state index is 0.329. The summed E-state index contributed by atoms with van der Waals surface area (Å²) >= 11 is 0. The largest absolute Gasteiger partial charge is 0.618 e. The maximum absolute atomic E-state index is 12.7. The second-order valence-electron chi connectivity index (χ2n) is 8.51. The summed E-state index contributed by atoms with van der Waals surface area (Å²) in [6, 6.07) is 28.3. The topological polar surface area (TPSA) is 30.2 Å². The van der Waals surface area contributed by atoms with E-state index in [4.69, 9.17) is 6.42 Å². The molecule has 3 heteroatoms. The van der Waals surface area contributed by atoms with Gasteiger partial charge >= 0.3 is 0 Å². The highest BCUT2D eigenvalue weighted by Crippen LogP contribution is 2.26. The lowest BCUT2D eigenvalue weighted by Crippen LogP contribution is -2.32. The van der Waals surface area contributed by atoms with Crippen LogP contribution in [0.4, 0.5) is 0 Å². The van der Waals surface area contributed by atoms with Crippen molar-refractivity contribution in [2.75, 3.05) is 0 Å². The molecule has 0 aliphatic heterocycles. The fourth-order valence-corrected chi connectivity index (χ4v) is 4.09. The van der Waals surface area contributed by atoms with Crippen LogP contribution in [0.5, 0.6) is 0 Å². The van der Waals surface area contributed by atoms with Crippen LogP contribution in [0.1, 0.15) is 48.1 Å². The molecule has 1 heterocycles. The second-order valence-corrected chi connectivity index (χ2v) is 8.51. The predicted molar refractivity (Wildman–Crippen MR) is 131 cm³/mol. The number of fused-ring (bicyclic) bond motifs is 1. The lowest BCUT2D eigenvalue weighted by Gasteiger charge is -2.28. The van der Waals surface area contributed by atoms with Crippen LogP contribution in [0.2, 0.25) is 0 Å². The molecule has 3 nitrogen and oxygen atoms in total. The van der Waals surface area contributed by atoms with Crippen molar-refractivity contribution in [1.29, 1.82) is 0 Å². The zero-order valence-corrected chi connectivity index (χ0v) is 18.6. The van der Waals surface area contributed by atoms with Crippen LogP contribution in [-0.4, -0.2) is 4.90 Å². The standard InChI is InChI=1S/C29H28N2O/c1-4-28(27-18-26-12-8-9-13-29(26)31(32)21-27)30(19-23-10-6-5-7-11-23)20-24-14-16-25(17-15-24)22(2)3/h1,5-18,21-22,28H,19-20H2,2-3H3. The molecule has 0 bridgehead atoms. The van der Waals surface area contributed by atoms with E-state index in [9.17, 15) is 5.21 Å². The van der Waals surface area contributed by atoms with E-state index in [2.05, 4.69) is 61.1 Å². The van der Waals surface area contributed by atoms with E-state index < -0.39 is 0 Å². The monoisotopic (exact) mass is 420 g/mol.